The summed E-state index contributed by atoms with van der Waals surface area (Å²) >= 11 is 0. The third kappa shape index (κ3) is 5.56. The average Bonchev–Trinajstić information content (AvgIpc) is 3.19. The number of rotatable bonds is 7. The molecule has 4 rings (SSSR count). The van der Waals surface area contributed by atoms with Gasteiger partial charge in [0.25, 0.3) is 5.91 Å². The molecule has 1 aromatic heterocycles. The Morgan fingerprint density at radius 2 is 1.69 bits per heavy atom. The Morgan fingerprint density at radius 1 is 1.03 bits per heavy atom. The Labute approximate surface area is 206 Å². The molecule has 0 aliphatic carbocycles. The highest BCUT2D eigenvalue weighted by molar-refractivity contribution is 5.98. The maximum absolute atomic E-state index is 13.5. The van der Waals surface area contributed by atoms with Crippen molar-refractivity contribution in [2.45, 2.75) is 25.3 Å². The van der Waals surface area contributed by atoms with Crippen LogP contribution in [0.15, 0.2) is 54.6 Å². The number of benzene rings is 2. The molecule has 0 bridgehead atoms. The molecular formula is C28H35FN4O2. The quantitative estimate of drug-likeness (QED) is 0.519. The first-order chi connectivity index (χ1) is 16.7. The van der Waals surface area contributed by atoms with Gasteiger partial charge in [0.1, 0.15) is 11.5 Å². The van der Waals surface area contributed by atoms with Gasteiger partial charge in [0.15, 0.2) is 0 Å². The van der Waals surface area contributed by atoms with Crippen molar-refractivity contribution in [1.82, 2.24) is 19.3 Å². The average molecular weight is 479 g/mol. The minimum atomic E-state index is -0.262. The van der Waals surface area contributed by atoms with E-state index in [0.29, 0.717) is 31.7 Å². The summed E-state index contributed by atoms with van der Waals surface area (Å²) in [5.41, 5.74) is 2.76. The molecule has 186 valence electrons. The molecule has 1 atom stereocenters. The largest absolute Gasteiger partial charge is 0.341 e. The number of aryl methyl sites for hydroxylation is 1. The number of para-hydroxylation sites is 1. The van der Waals surface area contributed by atoms with E-state index < -0.39 is 0 Å². The van der Waals surface area contributed by atoms with E-state index in [2.05, 4.69) is 0 Å². The second-order valence-corrected chi connectivity index (χ2v) is 9.92. The monoisotopic (exact) mass is 478 g/mol. The van der Waals surface area contributed by atoms with Crippen molar-refractivity contribution in [2.24, 2.45) is 13.0 Å². The lowest BCUT2D eigenvalue weighted by Gasteiger charge is -2.40. The number of amides is 2. The maximum Gasteiger partial charge on any atom is 0.270 e. The maximum atomic E-state index is 13.5. The lowest BCUT2D eigenvalue weighted by Crippen LogP contribution is -2.50. The van der Waals surface area contributed by atoms with Gasteiger partial charge in [-0.2, -0.15) is 0 Å². The molecule has 2 heterocycles. The van der Waals surface area contributed by atoms with Crippen LogP contribution in [0.25, 0.3) is 10.9 Å². The molecule has 2 aromatic carbocycles. The number of hydrogen-bond acceptors (Lipinski definition) is 3. The van der Waals surface area contributed by atoms with Crippen molar-refractivity contribution >= 4 is 22.7 Å². The Kier molecular flexibility index (Phi) is 7.55. The van der Waals surface area contributed by atoms with Crippen molar-refractivity contribution in [3.8, 4) is 0 Å². The number of aromatic nitrogens is 1. The van der Waals surface area contributed by atoms with Gasteiger partial charge in [0, 0.05) is 44.1 Å². The number of hydrogen-bond donors (Lipinski definition) is 0. The first-order valence-electron chi connectivity index (χ1n) is 12.2. The van der Waals surface area contributed by atoms with Gasteiger partial charge in [0.2, 0.25) is 5.91 Å². The van der Waals surface area contributed by atoms with Gasteiger partial charge in [-0.3, -0.25) is 9.59 Å². The normalized spacial score (nSPS) is 15.5. The van der Waals surface area contributed by atoms with Crippen LogP contribution in [-0.4, -0.2) is 77.9 Å². The molecule has 0 radical (unpaired) electrons. The molecular weight excluding hydrogens is 443 g/mol. The highest BCUT2D eigenvalue weighted by Gasteiger charge is 2.33. The Morgan fingerprint density at radius 3 is 2.31 bits per heavy atom. The zero-order valence-electron chi connectivity index (χ0n) is 21.1. The van der Waals surface area contributed by atoms with Crippen LogP contribution in [0.1, 0.15) is 28.9 Å². The summed E-state index contributed by atoms with van der Waals surface area (Å²) < 4.78 is 15.4. The van der Waals surface area contributed by atoms with E-state index in [9.17, 15) is 14.0 Å². The summed E-state index contributed by atoms with van der Waals surface area (Å²) in [7, 11) is 7.58. The zero-order valence-corrected chi connectivity index (χ0v) is 21.1. The van der Waals surface area contributed by atoms with Crippen LogP contribution in [0.2, 0.25) is 0 Å². The second-order valence-electron chi connectivity index (χ2n) is 9.92. The Hall–Kier alpha value is -3.19. The fraction of sp³-hybridized carbons (Fsp3) is 0.429. The van der Waals surface area contributed by atoms with E-state index in [1.807, 2.05) is 77.8 Å². The summed E-state index contributed by atoms with van der Waals surface area (Å²) in [5, 5.41) is 1.06. The van der Waals surface area contributed by atoms with Crippen LogP contribution in [0.5, 0.6) is 0 Å². The Bertz CT molecular complexity index is 1180. The van der Waals surface area contributed by atoms with E-state index in [-0.39, 0.29) is 29.6 Å². The van der Waals surface area contributed by atoms with E-state index in [4.69, 9.17) is 0 Å². The number of fused-ring (bicyclic) bond motifs is 1. The molecule has 0 N–H and O–H groups in total. The molecule has 1 aliphatic rings. The zero-order chi connectivity index (χ0) is 25.1. The molecule has 1 fully saturated rings. The number of halogens is 1. The van der Waals surface area contributed by atoms with Gasteiger partial charge in [-0.15, -0.1) is 0 Å². The molecule has 3 aromatic rings. The molecule has 1 aliphatic heterocycles. The lowest BCUT2D eigenvalue weighted by atomic mass is 9.84. The predicted octanol–water partition coefficient (Wildman–Crippen LogP) is 3.80. The van der Waals surface area contributed by atoms with Gasteiger partial charge < -0.3 is 19.3 Å². The molecule has 1 saturated heterocycles. The topological polar surface area (TPSA) is 48.8 Å². The van der Waals surface area contributed by atoms with Crippen LogP contribution in [-0.2, 0) is 18.3 Å². The standard InChI is InChI=1S/C28H35FN4O2/c1-30(2)19-27(34)32(4)25(17-20-9-11-23(29)12-10-20)21-13-15-33(16-14-21)28(35)26-18-22-7-5-6-8-24(22)31(26)3/h5-12,18,21,25H,13-17,19H2,1-4H3/t25-/m0/s1. The first kappa shape index (κ1) is 24.9. The van der Waals surface area contributed by atoms with E-state index >= 15 is 0 Å². The molecule has 35 heavy (non-hydrogen) atoms. The van der Waals surface area contributed by atoms with E-state index in [1.165, 1.54) is 12.1 Å². The predicted molar refractivity (Wildman–Crippen MR) is 137 cm³/mol. The summed E-state index contributed by atoms with van der Waals surface area (Å²) in [5.74, 6) is 0.112. The smallest absolute Gasteiger partial charge is 0.270 e. The van der Waals surface area contributed by atoms with Crippen LogP contribution >= 0.6 is 0 Å². The minimum Gasteiger partial charge on any atom is -0.341 e. The lowest BCUT2D eigenvalue weighted by molar-refractivity contribution is -0.134. The molecule has 0 spiro atoms. The summed E-state index contributed by atoms with van der Waals surface area (Å²) in [4.78, 5) is 31.9. The number of piperidine rings is 1. The number of likely N-dealkylation sites (tertiary alicyclic amines) is 1. The van der Waals surface area contributed by atoms with Gasteiger partial charge in [-0.1, -0.05) is 30.3 Å². The summed E-state index contributed by atoms with van der Waals surface area (Å²) in [6.45, 7) is 1.65. The highest BCUT2D eigenvalue weighted by Crippen LogP contribution is 2.28. The van der Waals surface area contributed by atoms with Crippen LogP contribution in [0.3, 0.4) is 0 Å². The third-order valence-electron chi connectivity index (χ3n) is 7.24. The molecule has 2 amide bonds. The van der Waals surface area contributed by atoms with E-state index in [1.54, 1.807) is 12.1 Å². The Balaban J connectivity index is 1.48. The highest BCUT2D eigenvalue weighted by atomic mass is 19.1. The number of nitrogens with zero attached hydrogens (tertiary/aromatic N) is 4. The van der Waals surface area contributed by atoms with Crippen LogP contribution < -0.4 is 0 Å². The fourth-order valence-electron chi connectivity index (χ4n) is 5.19. The summed E-state index contributed by atoms with van der Waals surface area (Å²) in [6.07, 6.45) is 2.31. The third-order valence-corrected chi connectivity index (χ3v) is 7.24. The number of likely N-dealkylation sites (N-methyl/N-ethyl adjacent to an activating group) is 2. The van der Waals surface area contributed by atoms with Crippen molar-refractivity contribution < 1.29 is 14.0 Å². The van der Waals surface area contributed by atoms with E-state index in [0.717, 1.165) is 29.3 Å². The molecule has 0 unspecified atom stereocenters. The summed E-state index contributed by atoms with van der Waals surface area (Å²) in [6, 6.07) is 16.5. The van der Waals surface area contributed by atoms with Gasteiger partial charge in [0.05, 0.1) is 6.54 Å². The SMILES string of the molecule is CN(C)CC(=O)N(C)[C@@H](Cc1ccc(F)cc1)C1CCN(C(=O)c2cc3ccccc3n2C)CC1. The van der Waals surface area contributed by atoms with Gasteiger partial charge in [-0.25, -0.2) is 4.39 Å². The molecule has 7 heteroatoms. The van der Waals surface area contributed by atoms with Crippen LogP contribution in [0.4, 0.5) is 4.39 Å². The minimum absolute atomic E-state index is 0.0113. The van der Waals surface area contributed by atoms with Crippen molar-refractivity contribution in [2.75, 3.05) is 40.8 Å². The van der Waals surface area contributed by atoms with Gasteiger partial charge >= 0.3 is 0 Å². The van der Waals surface area contributed by atoms with Crippen molar-refractivity contribution in [3.05, 3.63) is 71.7 Å². The van der Waals surface area contributed by atoms with Gasteiger partial charge in [-0.05, 0) is 69.1 Å². The molecule has 6 nitrogen and oxygen atoms in total. The van der Waals surface area contributed by atoms with Crippen LogP contribution in [0, 0.1) is 11.7 Å². The first-order valence-corrected chi connectivity index (χ1v) is 12.2. The van der Waals surface area contributed by atoms with Crippen molar-refractivity contribution in [3.63, 3.8) is 0 Å². The van der Waals surface area contributed by atoms with Crippen molar-refractivity contribution in [1.29, 1.82) is 0 Å². The number of carbonyl (C=O) groups is 2. The molecule has 0 saturated carbocycles. The fourth-order valence-corrected chi connectivity index (χ4v) is 5.19. The number of carbonyl (C=O) groups excluding carboxylic acids is 2. The second kappa shape index (κ2) is 10.6.